The number of carbonyl (C=O) groups excluding carboxylic acids is 2. The number of methoxy groups -OCH3 is 2. The number of rotatable bonds is 14. The summed E-state index contributed by atoms with van der Waals surface area (Å²) in [7, 11) is 3.25. The van der Waals surface area contributed by atoms with Crippen LogP contribution in [0.15, 0.2) is 18.2 Å². The average molecular weight is 535 g/mol. The van der Waals surface area contributed by atoms with Crippen LogP contribution in [0.3, 0.4) is 0 Å². The summed E-state index contributed by atoms with van der Waals surface area (Å²) in [6.45, 7) is 10.2. The van der Waals surface area contributed by atoms with Crippen LogP contribution in [0, 0.1) is 17.8 Å². The number of nitrogens with zero attached hydrogens (tertiary/aromatic N) is 1. The molecule has 2 aliphatic heterocycles. The first-order valence-electron chi connectivity index (χ1n) is 13.8. The van der Waals surface area contributed by atoms with Crippen molar-refractivity contribution in [2.24, 2.45) is 17.8 Å². The Hall–Kier alpha value is -2.56. The molecule has 3 rings (SSSR count). The summed E-state index contributed by atoms with van der Waals surface area (Å²) in [5.74, 6) is 2.06. The highest BCUT2D eigenvalue weighted by atomic mass is 16.5. The Labute approximate surface area is 227 Å². The van der Waals surface area contributed by atoms with Gasteiger partial charge in [0.2, 0.25) is 0 Å². The van der Waals surface area contributed by atoms with Crippen molar-refractivity contribution in [1.29, 1.82) is 0 Å². The molecule has 214 valence electrons. The normalized spacial score (nSPS) is 19.8. The molecule has 0 aromatic heterocycles. The summed E-state index contributed by atoms with van der Waals surface area (Å²) >= 11 is 0. The molecule has 2 atom stereocenters. The van der Waals surface area contributed by atoms with Gasteiger partial charge in [0.1, 0.15) is 0 Å². The second kappa shape index (κ2) is 15.8. The second-order valence-corrected chi connectivity index (χ2v) is 10.4. The molecular formula is C28H46N4O6. The number of hydrogen-bond donors (Lipinski definition) is 3. The number of hydrogen-bond acceptors (Lipinski definition) is 7. The molecule has 0 unspecified atom stereocenters. The molecule has 1 aromatic rings. The fourth-order valence-electron chi connectivity index (χ4n) is 4.97. The zero-order chi connectivity index (χ0) is 27.3. The van der Waals surface area contributed by atoms with E-state index in [0.29, 0.717) is 55.8 Å². The van der Waals surface area contributed by atoms with Crippen molar-refractivity contribution in [2.75, 3.05) is 73.4 Å². The summed E-state index contributed by atoms with van der Waals surface area (Å²) in [5.41, 5.74) is 0.564. The van der Waals surface area contributed by atoms with Crippen LogP contribution in [0.2, 0.25) is 0 Å². The van der Waals surface area contributed by atoms with Crippen LogP contribution in [-0.2, 0) is 9.47 Å². The SMILES string of the molecule is COCCCOc1cc(C(=O)N(C[C@@H]2CNC[C@H]2CNC(=O)NCC2CCOCC2)C(C)C)ccc1OC. The number of nitrogens with one attached hydrogen (secondary N) is 3. The van der Waals surface area contributed by atoms with Crippen molar-refractivity contribution < 1.29 is 28.5 Å². The van der Waals surface area contributed by atoms with E-state index < -0.39 is 0 Å². The van der Waals surface area contributed by atoms with Gasteiger partial charge < -0.3 is 39.8 Å². The molecule has 38 heavy (non-hydrogen) atoms. The van der Waals surface area contributed by atoms with Gasteiger partial charge in [-0.15, -0.1) is 0 Å². The van der Waals surface area contributed by atoms with Gasteiger partial charge in [-0.2, -0.15) is 0 Å². The Balaban J connectivity index is 1.56. The third kappa shape index (κ3) is 9.03. The lowest BCUT2D eigenvalue weighted by molar-refractivity contribution is 0.0661. The van der Waals surface area contributed by atoms with E-state index in [1.807, 2.05) is 18.7 Å². The Morgan fingerprint density at radius 3 is 2.50 bits per heavy atom. The molecule has 2 aliphatic rings. The van der Waals surface area contributed by atoms with E-state index >= 15 is 0 Å². The van der Waals surface area contributed by atoms with Gasteiger partial charge in [-0.1, -0.05) is 0 Å². The van der Waals surface area contributed by atoms with Crippen LogP contribution < -0.4 is 25.4 Å². The molecule has 0 spiro atoms. The maximum atomic E-state index is 13.6. The van der Waals surface area contributed by atoms with Crippen LogP contribution in [-0.4, -0.2) is 96.3 Å². The third-order valence-corrected chi connectivity index (χ3v) is 7.37. The van der Waals surface area contributed by atoms with Crippen LogP contribution in [0.4, 0.5) is 4.79 Å². The zero-order valence-electron chi connectivity index (χ0n) is 23.4. The Bertz CT molecular complexity index is 877. The fourth-order valence-corrected chi connectivity index (χ4v) is 4.97. The Morgan fingerprint density at radius 1 is 1.05 bits per heavy atom. The maximum absolute atomic E-state index is 13.6. The van der Waals surface area contributed by atoms with Gasteiger partial charge in [0, 0.05) is 77.7 Å². The minimum atomic E-state index is -0.129. The van der Waals surface area contributed by atoms with E-state index in [-0.39, 0.29) is 29.8 Å². The summed E-state index contributed by atoms with van der Waals surface area (Å²) in [5, 5.41) is 9.49. The predicted molar refractivity (Wildman–Crippen MR) is 146 cm³/mol. The first kappa shape index (κ1) is 30.0. The van der Waals surface area contributed by atoms with Crippen LogP contribution in [0.25, 0.3) is 0 Å². The molecule has 2 fully saturated rings. The third-order valence-electron chi connectivity index (χ3n) is 7.37. The molecule has 2 saturated heterocycles. The molecule has 0 bridgehead atoms. The van der Waals surface area contributed by atoms with E-state index in [1.165, 1.54) is 0 Å². The summed E-state index contributed by atoms with van der Waals surface area (Å²) in [4.78, 5) is 27.9. The highest BCUT2D eigenvalue weighted by Crippen LogP contribution is 2.29. The average Bonchev–Trinajstić information content (AvgIpc) is 3.38. The van der Waals surface area contributed by atoms with Crippen LogP contribution in [0.5, 0.6) is 11.5 Å². The Morgan fingerprint density at radius 2 is 1.79 bits per heavy atom. The highest BCUT2D eigenvalue weighted by molar-refractivity contribution is 5.95. The maximum Gasteiger partial charge on any atom is 0.314 e. The van der Waals surface area contributed by atoms with E-state index in [1.54, 1.807) is 32.4 Å². The number of amides is 3. The minimum Gasteiger partial charge on any atom is -0.493 e. The molecule has 0 radical (unpaired) electrons. The van der Waals surface area contributed by atoms with Crippen molar-refractivity contribution in [3.8, 4) is 11.5 Å². The molecule has 2 heterocycles. The number of carbonyl (C=O) groups is 2. The van der Waals surface area contributed by atoms with Gasteiger partial charge in [-0.3, -0.25) is 4.79 Å². The lowest BCUT2D eigenvalue weighted by Crippen LogP contribution is -2.45. The monoisotopic (exact) mass is 534 g/mol. The lowest BCUT2D eigenvalue weighted by atomic mass is 9.94. The molecule has 0 saturated carbocycles. The van der Waals surface area contributed by atoms with Crippen LogP contribution >= 0.6 is 0 Å². The van der Waals surface area contributed by atoms with Gasteiger partial charge >= 0.3 is 6.03 Å². The minimum absolute atomic E-state index is 0.0210. The van der Waals surface area contributed by atoms with Gasteiger partial charge in [-0.05, 0) is 62.6 Å². The molecule has 10 heteroatoms. The van der Waals surface area contributed by atoms with Crippen LogP contribution in [0.1, 0.15) is 43.5 Å². The predicted octanol–water partition coefficient (Wildman–Crippen LogP) is 2.52. The molecule has 0 aliphatic carbocycles. The van der Waals surface area contributed by atoms with Gasteiger partial charge in [0.05, 0.1) is 13.7 Å². The van der Waals surface area contributed by atoms with Crippen molar-refractivity contribution in [1.82, 2.24) is 20.9 Å². The second-order valence-electron chi connectivity index (χ2n) is 10.4. The van der Waals surface area contributed by atoms with Gasteiger partial charge in [0.15, 0.2) is 11.5 Å². The quantitative estimate of drug-likeness (QED) is 0.315. The van der Waals surface area contributed by atoms with Crippen molar-refractivity contribution in [2.45, 2.75) is 39.2 Å². The number of ether oxygens (including phenoxy) is 4. The van der Waals surface area contributed by atoms with Gasteiger partial charge in [0.25, 0.3) is 5.91 Å². The molecule has 3 N–H and O–H groups in total. The van der Waals surface area contributed by atoms with E-state index in [9.17, 15) is 9.59 Å². The molecular weight excluding hydrogens is 488 g/mol. The summed E-state index contributed by atoms with van der Waals surface area (Å²) in [6.07, 6.45) is 2.72. The molecule has 10 nitrogen and oxygen atoms in total. The number of benzene rings is 1. The molecule has 3 amide bonds. The van der Waals surface area contributed by atoms with Crippen molar-refractivity contribution in [3.05, 3.63) is 23.8 Å². The van der Waals surface area contributed by atoms with Crippen molar-refractivity contribution >= 4 is 11.9 Å². The van der Waals surface area contributed by atoms with Crippen molar-refractivity contribution in [3.63, 3.8) is 0 Å². The standard InChI is InChI=1S/C28H46N4O6/c1-20(2)32(27(33)22-6-7-25(36-4)26(14-22)38-11-5-10-35-3)19-24-17-29-16-23(24)18-31-28(34)30-15-21-8-12-37-13-9-21/h6-7,14,20-21,23-24,29H,5,8-13,15-19H2,1-4H3,(H2,30,31,34)/t23-,24-/m0/s1. The first-order chi connectivity index (χ1) is 18.4. The summed E-state index contributed by atoms with van der Waals surface area (Å²) < 4.78 is 21.8. The summed E-state index contributed by atoms with van der Waals surface area (Å²) in [6, 6.07) is 5.22. The first-order valence-corrected chi connectivity index (χ1v) is 13.8. The van der Waals surface area contributed by atoms with Gasteiger partial charge in [-0.25, -0.2) is 4.79 Å². The van der Waals surface area contributed by atoms with E-state index in [4.69, 9.17) is 18.9 Å². The lowest BCUT2D eigenvalue weighted by Gasteiger charge is -2.32. The number of urea groups is 1. The fraction of sp³-hybridized carbons (Fsp3) is 0.714. The highest BCUT2D eigenvalue weighted by Gasteiger charge is 2.32. The largest absolute Gasteiger partial charge is 0.493 e. The Kier molecular flexibility index (Phi) is 12.4. The smallest absolute Gasteiger partial charge is 0.314 e. The van der Waals surface area contributed by atoms with E-state index in [2.05, 4.69) is 16.0 Å². The zero-order valence-corrected chi connectivity index (χ0v) is 23.4. The molecule has 1 aromatic carbocycles. The topological polar surface area (TPSA) is 110 Å². The van der Waals surface area contributed by atoms with E-state index in [0.717, 1.165) is 45.6 Å².